The van der Waals surface area contributed by atoms with Crippen molar-refractivity contribution in [2.75, 3.05) is 6.61 Å². The number of hydrogen-bond donors (Lipinski definition) is 1. The highest BCUT2D eigenvalue weighted by Crippen LogP contribution is 2.26. The summed E-state index contributed by atoms with van der Waals surface area (Å²) >= 11 is 0. The molecule has 0 saturated heterocycles. The second-order valence-electron chi connectivity index (χ2n) is 4.36. The number of carboxylic acid groups (broad SMARTS) is 1. The van der Waals surface area contributed by atoms with Crippen molar-refractivity contribution in [1.29, 1.82) is 0 Å². The Balaban J connectivity index is 1.83. The highest BCUT2D eigenvalue weighted by Gasteiger charge is 2.17. The molecule has 0 aliphatic heterocycles. The van der Waals surface area contributed by atoms with E-state index >= 15 is 0 Å². The second-order valence-corrected chi connectivity index (χ2v) is 4.36. The molecule has 0 bridgehead atoms. The fraction of sp³-hybridized carbons (Fsp3) is 0.385. The molecule has 1 aliphatic carbocycles. The van der Waals surface area contributed by atoms with Crippen molar-refractivity contribution in [3.8, 4) is 0 Å². The summed E-state index contributed by atoms with van der Waals surface area (Å²) in [6.07, 6.45) is 3.96. The average molecular weight is 267 g/mol. The minimum absolute atomic E-state index is 0.00636. The molecule has 1 aromatic rings. The molecule has 6 heteroatoms. The lowest BCUT2D eigenvalue weighted by Gasteiger charge is -2.19. The average Bonchev–Trinajstić information content (AvgIpc) is 2.83. The summed E-state index contributed by atoms with van der Waals surface area (Å²) in [5.41, 5.74) is 0.521. The molecule has 1 atom stereocenters. The van der Waals surface area contributed by atoms with Crippen molar-refractivity contribution >= 4 is 5.97 Å². The largest absolute Gasteiger partial charge is 0.476 e. The smallest absolute Gasteiger partial charge is 0.358 e. The SMILES string of the molecule is CC1=C(F)C=CCC1COCc1cc(C(=O)O)no1. The zero-order valence-corrected chi connectivity index (χ0v) is 10.4. The molecule has 1 heterocycles. The summed E-state index contributed by atoms with van der Waals surface area (Å²) in [7, 11) is 0. The number of rotatable bonds is 5. The molecule has 1 aromatic heterocycles. The summed E-state index contributed by atoms with van der Waals surface area (Å²) in [4.78, 5) is 10.6. The third kappa shape index (κ3) is 3.29. The van der Waals surface area contributed by atoms with Crippen LogP contribution in [0.4, 0.5) is 4.39 Å². The second kappa shape index (κ2) is 5.79. The summed E-state index contributed by atoms with van der Waals surface area (Å²) in [5, 5.41) is 12.0. The van der Waals surface area contributed by atoms with Crippen LogP contribution in [-0.2, 0) is 11.3 Å². The van der Waals surface area contributed by atoms with E-state index in [4.69, 9.17) is 14.4 Å². The van der Waals surface area contributed by atoms with Crippen LogP contribution in [0.1, 0.15) is 29.6 Å². The van der Waals surface area contributed by atoms with E-state index in [2.05, 4.69) is 5.16 Å². The van der Waals surface area contributed by atoms with E-state index in [1.807, 2.05) is 0 Å². The zero-order chi connectivity index (χ0) is 13.8. The Morgan fingerprint density at radius 1 is 1.68 bits per heavy atom. The number of ether oxygens (including phenoxy) is 1. The molecule has 0 fully saturated rings. The van der Waals surface area contributed by atoms with Gasteiger partial charge in [-0.25, -0.2) is 9.18 Å². The molecule has 1 N–H and O–H groups in total. The van der Waals surface area contributed by atoms with Crippen LogP contribution in [-0.4, -0.2) is 22.8 Å². The molecular formula is C13H14FNO4. The number of carbonyl (C=O) groups is 1. The number of allylic oxidation sites excluding steroid dienone is 3. The van der Waals surface area contributed by atoms with E-state index in [-0.39, 0.29) is 24.0 Å². The molecule has 102 valence electrons. The van der Waals surface area contributed by atoms with Crippen molar-refractivity contribution < 1.29 is 23.6 Å². The Kier molecular flexibility index (Phi) is 4.11. The first kappa shape index (κ1) is 13.5. The van der Waals surface area contributed by atoms with Gasteiger partial charge in [0, 0.05) is 12.0 Å². The van der Waals surface area contributed by atoms with E-state index in [0.717, 1.165) is 6.42 Å². The van der Waals surface area contributed by atoms with Crippen molar-refractivity contribution in [3.63, 3.8) is 0 Å². The lowest BCUT2D eigenvalue weighted by molar-refractivity contribution is 0.0682. The van der Waals surface area contributed by atoms with E-state index in [1.165, 1.54) is 12.1 Å². The normalized spacial score (nSPS) is 18.9. The van der Waals surface area contributed by atoms with Gasteiger partial charge in [-0.1, -0.05) is 11.2 Å². The summed E-state index contributed by atoms with van der Waals surface area (Å²) < 4.78 is 23.5. The standard InChI is InChI=1S/C13H14FNO4/c1-8-9(3-2-4-11(8)14)6-18-7-10-5-12(13(16)17)15-19-10/h2,4-5,9H,3,6-7H2,1H3,(H,16,17). The van der Waals surface area contributed by atoms with Gasteiger partial charge in [-0.2, -0.15) is 0 Å². The predicted octanol–water partition coefficient (Wildman–Crippen LogP) is 2.71. The van der Waals surface area contributed by atoms with Crippen molar-refractivity contribution in [1.82, 2.24) is 5.16 Å². The zero-order valence-electron chi connectivity index (χ0n) is 10.4. The van der Waals surface area contributed by atoms with Gasteiger partial charge in [0.05, 0.1) is 6.61 Å². The van der Waals surface area contributed by atoms with Crippen molar-refractivity contribution in [3.05, 3.63) is 41.1 Å². The Bertz CT molecular complexity index is 533. The van der Waals surface area contributed by atoms with E-state index < -0.39 is 5.97 Å². The topological polar surface area (TPSA) is 72.6 Å². The molecule has 0 spiro atoms. The van der Waals surface area contributed by atoms with Crippen LogP contribution in [0.15, 0.2) is 34.1 Å². The first-order valence-electron chi connectivity index (χ1n) is 5.87. The van der Waals surface area contributed by atoms with Gasteiger partial charge in [0.2, 0.25) is 0 Å². The number of nitrogens with zero attached hydrogens (tertiary/aromatic N) is 1. The Labute approximate surface area is 109 Å². The molecule has 1 unspecified atom stereocenters. The van der Waals surface area contributed by atoms with Gasteiger partial charge in [0.25, 0.3) is 0 Å². The van der Waals surface area contributed by atoms with Gasteiger partial charge in [0.15, 0.2) is 11.5 Å². The summed E-state index contributed by atoms with van der Waals surface area (Å²) in [6.45, 7) is 2.21. The number of aromatic nitrogens is 1. The maximum absolute atomic E-state index is 13.3. The first-order chi connectivity index (χ1) is 9.08. The van der Waals surface area contributed by atoms with Crippen LogP contribution >= 0.6 is 0 Å². The molecule has 19 heavy (non-hydrogen) atoms. The van der Waals surface area contributed by atoms with Crippen LogP contribution in [0.2, 0.25) is 0 Å². The molecule has 5 nitrogen and oxygen atoms in total. The van der Waals surface area contributed by atoms with Crippen molar-refractivity contribution in [2.24, 2.45) is 5.92 Å². The van der Waals surface area contributed by atoms with Crippen LogP contribution in [0, 0.1) is 5.92 Å². The van der Waals surface area contributed by atoms with Gasteiger partial charge in [-0.3, -0.25) is 0 Å². The summed E-state index contributed by atoms with van der Waals surface area (Å²) in [6, 6.07) is 1.31. The van der Waals surface area contributed by atoms with Gasteiger partial charge in [-0.15, -0.1) is 0 Å². The monoisotopic (exact) mass is 267 g/mol. The van der Waals surface area contributed by atoms with Gasteiger partial charge in [0.1, 0.15) is 12.4 Å². The van der Waals surface area contributed by atoms with Gasteiger partial charge >= 0.3 is 5.97 Å². The fourth-order valence-corrected chi connectivity index (χ4v) is 1.82. The van der Waals surface area contributed by atoms with Crippen LogP contribution < -0.4 is 0 Å². The number of aromatic carboxylic acids is 1. The first-order valence-corrected chi connectivity index (χ1v) is 5.87. The highest BCUT2D eigenvalue weighted by atomic mass is 19.1. The summed E-state index contributed by atoms with van der Waals surface area (Å²) in [5.74, 6) is -1.02. The Morgan fingerprint density at radius 3 is 3.16 bits per heavy atom. The maximum Gasteiger partial charge on any atom is 0.358 e. The Morgan fingerprint density at radius 2 is 2.47 bits per heavy atom. The third-order valence-corrected chi connectivity index (χ3v) is 3.02. The van der Waals surface area contributed by atoms with Crippen LogP contribution in [0.3, 0.4) is 0 Å². The fourth-order valence-electron chi connectivity index (χ4n) is 1.82. The predicted molar refractivity (Wildman–Crippen MR) is 64.2 cm³/mol. The molecule has 0 saturated carbocycles. The van der Waals surface area contributed by atoms with E-state index in [1.54, 1.807) is 13.0 Å². The quantitative estimate of drug-likeness (QED) is 0.888. The third-order valence-electron chi connectivity index (χ3n) is 3.02. The van der Waals surface area contributed by atoms with Gasteiger partial charge in [-0.05, 0) is 25.0 Å². The van der Waals surface area contributed by atoms with Crippen LogP contribution in [0.25, 0.3) is 0 Å². The molecule has 0 radical (unpaired) electrons. The molecule has 0 amide bonds. The molecule has 1 aliphatic rings. The molecular weight excluding hydrogens is 253 g/mol. The van der Waals surface area contributed by atoms with Gasteiger partial charge < -0.3 is 14.4 Å². The minimum atomic E-state index is -1.15. The lowest BCUT2D eigenvalue weighted by Crippen LogP contribution is -2.13. The highest BCUT2D eigenvalue weighted by molar-refractivity contribution is 5.85. The number of halogens is 1. The minimum Gasteiger partial charge on any atom is -0.476 e. The maximum atomic E-state index is 13.3. The number of carboxylic acids is 1. The molecule has 0 aromatic carbocycles. The van der Waals surface area contributed by atoms with E-state index in [9.17, 15) is 9.18 Å². The van der Waals surface area contributed by atoms with Crippen molar-refractivity contribution in [2.45, 2.75) is 20.0 Å². The number of hydrogen-bond acceptors (Lipinski definition) is 4. The lowest BCUT2D eigenvalue weighted by atomic mass is 9.93. The van der Waals surface area contributed by atoms with Crippen LogP contribution in [0.5, 0.6) is 0 Å². The Hall–Kier alpha value is -1.95. The molecule has 2 rings (SSSR count). The van der Waals surface area contributed by atoms with E-state index in [0.29, 0.717) is 17.9 Å².